The van der Waals surface area contributed by atoms with E-state index in [1.165, 1.54) is 5.56 Å². The highest BCUT2D eigenvalue weighted by molar-refractivity contribution is 5.99. The van der Waals surface area contributed by atoms with Crippen LogP contribution in [0.1, 0.15) is 53.3 Å². The van der Waals surface area contributed by atoms with Gasteiger partial charge in [-0.1, -0.05) is 48.5 Å². The van der Waals surface area contributed by atoms with Crippen LogP contribution in [0.15, 0.2) is 64.1 Å². The molecule has 0 aliphatic heterocycles. The Morgan fingerprint density at radius 1 is 1.04 bits per heavy atom. The number of amides is 1. The van der Waals surface area contributed by atoms with Crippen LogP contribution in [-0.2, 0) is 0 Å². The summed E-state index contributed by atoms with van der Waals surface area (Å²) >= 11 is 0. The second kappa shape index (κ2) is 7.16. The summed E-state index contributed by atoms with van der Waals surface area (Å²) < 4.78 is 5.69. The van der Waals surface area contributed by atoms with Crippen molar-refractivity contribution in [2.75, 3.05) is 0 Å². The number of carbonyl (C=O) groups excluding carboxylic acids is 1. The van der Waals surface area contributed by atoms with Crippen LogP contribution in [0.4, 0.5) is 0 Å². The van der Waals surface area contributed by atoms with Crippen LogP contribution < -0.4 is 5.43 Å². The minimum absolute atomic E-state index is 0.281. The van der Waals surface area contributed by atoms with E-state index in [4.69, 9.17) is 4.42 Å². The van der Waals surface area contributed by atoms with Crippen molar-refractivity contribution in [2.45, 2.75) is 38.5 Å². The second-order valence-corrected chi connectivity index (χ2v) is 6.86. The fourth-order valence-corrected chi connectivity index (χ4v) is 3.69. The summed E-state index contributed by atoms with van der Waals surface area (Å²) in [4.78, 5) is 12.5. The van der Waals surface area contributed by atoms with Crippen LogP contribution in [0.5, 0.6) is 0 Å². The van der Waals surface area contributed by atoms with Gasteiger partial charge in [0.05, 0.1) is 0 Å². The molecule has 0 saturated heterocycles. The molecule has 26 heavy (non-hydrogen) atoms. The SMILES string of the molecule is Cc1c(C(=O)NN=C2CCC(c3ccccc3)CC2)oc2ccccc12. The van der Waals surface area contributed by atoms with E-state index in [1.807, 2.05) is 31.2 Å². The highest BCUT2D eigenvalue weighted by atomic mass is 16.3. The van der Waals surface area contributed by atoms with Gasteiger partial charge in [-0.2, -0.15) is 5.10 Å². The minimum atomic E-state index is -0.281. The fourth-order valence-electron chi connectivity index (χ4n) is 3.69. The van der Waals surface area contributed by atoms with Crippen LogP contribution in [0, 0.1) is 6.92 Å². The van der Waals surface area contributed by atoms with E-state index in [0.29, 0.717) is 11.7 Å². The first-order chi connectivity index (χ1) is 12.7. The normalized spacial score (nSPS) is 17.3. The maximum Gasteiger partial charge on any atom is 0.307 e. The lowest BCUT2D eigenvalue weighted by Crippen LogP contribution is -2.22. The number of nitrogens with zero attached hydrogens (tertiary/aromatic N) is 1. The fraction of sp³-hybridized carbons (Fsp3) is 0.273. The van der Waals surface area contributed by atoms with Gasteiger partial charge in [0.2, 0.25) is 0 Å². The quantitative estimate of drug-likeness (QED) is 0.664. The minimum Gasteiger partial charge on any atom is -0.451 e. The van der Waals surface area contributed by atoms with Gasteiger partial charge < -0.3 is 4.42 Å². The van der Waals surface area contributed by atoms with Gasteiger partial charge in [-0.05, 0) is 50.2 Å². The molecule has 0 bridgehead atoms. The van der Waals surface area contributed by atoms with Crippen molar-refractivity contribution in [3.05, 3.63) is 71.5 Å². The number of benzene rings is 2. The summed E-state index contributed by atoms with van der Waals surface area (Å²) in [6.07, 6.45) is 3.97. The molecule has 1 saturated carbocycles. The van der Waals surface area contributed by atoms with Crippen molar-refractivity contribution in [1.29, 1.82) is 0 Å². The summed E-state index contributed by atoms with van der Waals surface area (Å²) in [7, 11) is 0. The molecule has 1 amide bonds. The van der Waals surface area contributed by atoms with Crippen molar-refractivity contribution in [3.63, 3.8) is 0 Å². The summed E-state index contributed by atoms with van der Waals surface area (Å²) in [5, 5.41) is 5.32. The molecule has 4 heteroatoms. The lowest BCUT2D eigenvalue weighted by atomic mass is 9.83. The van der Waals surface area contributed by atoms with Crippen molar-refractivity contribution in [3.8, 4) is 0 Å². The number of hydrazone groups is 1. The van der Waals surface area contributed by atoms with Gasteiger partial charge in [0.15, 0.2) is 5.76 Å². The second-order valence-electron chi connectivity index (χ2n) is 6.86. The molecule has 1 aliphatic carbocycles. The smallest absolute Gasteiger partial charge is 0.307 e. The molecule has 3 aromatic rings. The van der Waals surface area contributed by atoms with E-state index in [-0.39, 0.29) is 5.91 Å². The largest absolute Gasteiger partial charge is 0.451 e. The molecule has 2 aromatic carbocycles. The predicted molar refractivity (Wildman–Crippen MR) is 104 cm³/mol. The number of hydrogen-bond donors (Lipinski definition) is 1. The molecule has 0 atom stereocenters. The van der Waals surface area contributed by atoms with E-state index in [2.05, 4.69) is 40.9 Å². The van der Waals surface area contributed by atoms with Crippen LogP contribution in [-0.4, -0.2) is 11.6 Å². The van der Waals surface area contributed by atoms with E-state index in [9.17, 15) is 4.79 Å². The van der Waals surface area contributed by atoms with Crippen molar-refractivity contribution < 1.29 is 9.21 Å². The third-order valence-corrected chi connectivity index (χ3v) is 5.20. The number of nitrogens with one attached hydrogen (secondary N) is 1. The molecule has 0 radical (unpaired) electrons. The van der Waals surface area contributed by atoms with Crippen LogP contribution in [0.3, 0.4) is 0 Å². The number of furan rings is 1. The molecule has 132 valence electrons. The maximum absolute atomic E-state index is 12.5. The van der Waals surface area contributed by atoms with Crippen molar-refractivity contribution in [1.82, 2.24) is 5.43 Å². The van der Waals surface area contributed by atoms with Gasteiger partial charge in [-0.25, -0.2) is 5.43 Å². The number of hydrogen-bond acceptors (Lipinski definition) is 3. The Kier molecular flexibility index (Phi) is 4.57. The van der Waals surface area contributed by atoms with Gasteiger partial charge in [-0.3, -0.25) is 4.79 Å². The van der Waals surface area contributed by atoms with Gasteiger partial charge >= 0.3 is 5.91 Å². The highest BCUT2D eigenvalue weighted by Crippen LogP contribution is 2.31. The first-order valence-corrected chi connectivity index (χ1v) is 9.11. The Labute approximate surface area is 152 Å². The highest BCUT2D eigenvalue weighted by Gasteiger charge is 2.20. The summed E-state index contributed by atoms with van der Waals surface area (Å²) in [6, 6.07) is 18.3. The Morgan fingerprint density at radius 3 is 2.46 bits per heavy atom. The summed E-state index contributed by atoms with van der Waals surface area (Å²) in [5.74, 6) is 0.647. The topological polar surface area (TPSA) is 54.6 Å². The van der Waals surface area contributed by atoms with Gasteiger partial charge in [-0.15, -0.1) is 0 Å². The summed E-state index contributed by atoms with van der Waals surface area (Å²) in [6.45, 7) is 1.90. The maximum atomic E-state index is 12.5. The van der Waals surface area contributed by atoms with E-state index in [1.54, 1.807) is 0 Å². The van der Waals surface area contributed by atoms with Gasteiger partial charge in [0.25, 0.3) is 0 Å². The average Bonchev–Trinajstić information content (AvgIpc) is 3.04. The molecule has 1 fully saturated rings. The van der Waals surface area contributed by atoms with E-state index < -0.39 is 0 Å². The molecular formula is C22H22N2O2. The third-order valence-electron chi connectivity index (χ3n) is 5.20. The zero-order valence-electron chi connectivity index (χ0n) is 14.9. The lowest BCUT2D eigenvalue weighted by Gasteiger charge is -2.23. The molecule has 1 aromatic heterocycles. The zero-order chi connectivity index (χ0) is 17.9. The Bertz CT molecular complexity index is 947. The van der Waals surface area contributed by atoms with Crippen molar-refractivity contribution in [2.24, 2.45) is 5.10 Å². The van der Waals surface area contributed by atoms with E-state index in [0.717, 1.165) is 47.9 Å². The standard InChI is InChI=1S/C22H22N2O2/c1-15-19-9-5-6-10-20(19)26-21(15)22(25)24-23-18-13-11-17(12-14-18)16-7-3-2-4-8-16/h2-10,17H,11-14H2,1H3,(H,24,25). The van der Waals surface area contributed by atoms with Gasteiger partial charge in [0.1, 0.15) is 5.58 Å². The average molecular weight is 346 g/mol. The van der Waals surface area contributed by atoms with Gasteiger partial charge in [0, 0.05) is 16.7 Å². The number of para-hydroxylation sites is 1. The number of aryl methyl sites for hydroxylation is 1. The van der Waals surface area contributed by atoms with Crippen LogP contribution in [0.2, 0.25) is 0 Å². The van der Waals surface area contributed by atoms with E-state index >= 15 is 0 Å². The molecular weight excluding hydrogens is 324 g/mol. The molecule has 1 aliphatic rings. The first-order valence-electron chi connectivity index (χ1n) is 9.11. The molecule has 1 N–H and O–H groups in total. The summed E-state index contributed by atoms with van der Waals surface area (Å²) in [5.41, 5.74) is 6.71. The van der Waals surface area contributed by atoms with Crippen molar-refractivity contribution >= 4 is 22.6 Å². The van der Waals surface area contributed by atoms with Crippen LogP contribution in [0.25, 0.3) is 11.0 Å². The molecule has 1 heterocycles. The first kappa shape index (κ1) is 16.6. The third kappa shape index (κ3) is 3.27. The number of fused-ring (bicyclic) bond motifs is 1. The molecule has 4 rings (SSSR count). The Morgan fingerprint density at radius 2 is 1.73 bits per heavy atom. The molecule has 4 nitrogen and oxygen atoms in total. The Balaban J connectivity index is 1.40. The number of rotatable bonds is 3. The monoisotopic (exact) mass is 346 g/mol. The lowest BCUT2D eigenvalue weighted by molar-refractivity contribution is 0.0928. The Hall–Kier alpha value is -2.88. The number of carbonyl (C=O) groups is 1. The zero-order valence-corrected chi connectivity index (χ0v) is 14.9. The predicted octanol–water partition coefficient (Wildman–Crippen LogP) is 5.18. The molecule has 0 unspecified atom stereocenters. The van der Waals surface area contributed by atoms with Crippen LogP contribution >= 0.6 is 0 Å². The molecule has 0 spiro atoms.